The molecule has 2 aromatic rings. The van der Waals surface area contributed by atoms with Gasteiger partial charge in [0.15, 0.2) is 5.96 Å². The van der Waals surface area contributed by atoms with Gasteiger partial charge >= 0.3 is 0 Å². The molecule has 0 aliphatic heterocycles. The van der Waals surface area contributed by atoms with Crippen molar-refractivity contribution in [2.45, 2.75) is 19.6 Å². The van der Waals surface area contributed by atoms with E-state index in [9.17, 15) is 5.11 Å². The number of hydrogen-bond donors (Lipinski definition) is 2. The van der Waals surface area contributed by atoms with Crippen molar-refractivity contribution >= 4 is 29.9 Å². The first-order chi connectivity index (χ1) is 12.1. The van der Waals surface area contributed by atoms with Crippen molar-refractivity contribution in [3.05, 3.63) is 65.7 Å². The van der Waals surface area contributed by atoms with Crippen molar-refractivity contribution in [1.82, 2.24) is 10.2 Å². The minimum atomic E-state index is -0.672. The smallest absolute Gasteiger partial charge is 0.194 e. The highest BCUT2D eigenvalue weighted by atomic mass is 127. The summed E-state index contributed by atoms with van der Waals surface area (Å²) >= 11 is 0. The molecular weight excluding hydrogens is 441 g/mol. The third-order valence-electron chi connectivity index (χ3n) is 3.85. The lowest BCUT2D eigenvalue weighted by Gasteiger charge is -2.22. The number of benzene rings is 2. The zero-order valence-electron chi connectivity index (χ0n) is 15.6. The van der Waals surface area contributed by atoms with Crippen LogP contribution in [0.1, 0.15) is 24.2 Å². The Kier molecular flexibility index (Phi) is 10.0. The number of hydrogen-bond acceptors (Lipinski definition) is 3. The Hall–Kier alpha value is -1.80. The Balaban J connectivity index is 0.00000338. The number of nitrogens with zero attached hydrogens (tertiary/aromatic N) is 2. The van der Waals surface area contributed by atoms with Gasteiger partial charge < -0.3 is 20.1 Å². The van der Waals surface area contributed by atoms with Crippen LogP contribution in [0.4, 0.5) is 0 Å². The van der Waals surface area contributed by atoms with E-state index >= 15 is 0 Å². The van der Waals surface area contributed by atoms with Crippen molar-refractivity contribution in [2.24, 2.45) is 4.99 Å². The molecule has 0 saturated heterocycles. The Morgan fingerprint density at radius 3 is 2.58 bits per heavy atom. The summed E-state index contributed by atoms with van der Waals surface area (Å²) in [6.45, 7) is 3.84. The van der Waals surface area contributed by atoms with Gasteiger partial charge in [0.2, 0.25) is 0 Å². The number of ether oxygens (including phenoxy) is 1. The van der Waals surface area contributed by atoms with E-state index in [1.807, 2.05) is 56.4 Å². The molecule has 0 aliphatic rings. The molecule has 26 heavy (non-hydrogen) atoms. The number of aliphatic hydroxyl groups excluding tert-OH is 1. The van der Waals surface area contributed by atoms with Gasteiger partial charge in [-0.05, 0) is 30.2 Å². The van der Waals surface area contributed by atoms with E-state index in [0.717, 1.165) is 30.4 Å². The highest BCUT2D eigenvalue weighted by Gasteiger charge is 2.11. The number of aliphatic hydroxyl groups is 1. The summed E-state index contributed by atoms with van der Waals surface area (Å²) in [4.78, 5) is 6.63. The van der Waals surface area contributed by atoms with Gasteiger partial charge in [-0.15, -0.1) is 24.0 Å². The number of guanidine groups is 1. The third kappa shape index (κ3) is 6.84. The molecule has 0 radical (unpaired) electrons. The van der Waals surface area contributed by atoms with E-state index < -0.39 is 6.10 Å². The molecule has 0 amide bonds. The van der Waals surface area contributed by atoms with Gasteiger partial charge in [0.05, 0.1) is 19.8 Å². The summed E-state index contributed by atoms with van der Waals surface area (Å²) in [7, 11) is 3.61. The standard InChI is InChI=1S/C20H27N3O2.HI/c1-4-21-20(23(2)15-16-9-6-5-7-10-16)22-14-19(24)17-11-8-12-18(13-17)25-3;/h5-13,19,24H,4,14-15H2,1-3H3,(H,21,22);1H. The predicted molar refractivity (Wildman–Crippen MR) is 117 cm³/mol. The van der Waals surface area contributed by atoms with Crippen LogP contribution in [-0.2, 0) is 6.54 Å². The third-order valence-corrected chi connectivity index (χ3v) is 3.85. The lowest BCUT2D eigenvalue weighted by atomic mass is 10.1. The van der Waals surface area contributed by atoms with Gasteiger partial charge in [0.25, 0.3) is 0 Å². The van der Waals surface area contributed by atoms with Crippen LogP contribution in [0.2, 0.25) is 0 Å². The molecule has 0 spiro atoms. The van der Waals surface area contributed by atoms with Crippen LogP contribution in [-0.4, -0.2) is 43.2 Å². The molecule has 2 aromatic carbocycles. The second kappa shape index (κ2) is 11.7. The fourth-order valence-electron chi connectivity index (χ4n) is 2.53. The van der Waals surface area contributed by atoms with Crippen molar-refractivity contribution < 1.29 is 9.84 Å². The summed E-state index contributed by atoms with van der Waals surface area (Å²) in [5.74, 6) is 1.50. The average molecular weight is 469 g/mol. The molecule has 0 aliphatic carbocycles. The Labute approximate surface area is 173 Å². The average Bonchev–Trinajstić information content (AvgIpc) is 2.65. The van der Waals surface area contributed by atoms with E-state index in [4.69, 9.17) is 4.74 Å². The highest BCUT2D eigenvalue weighted by Crippen LogP contribution is 2.19. The minimum absolute atomic E-state index is 0. The van der Waals surface area contributed by atoms with Gasteiger partial charge in [0, 0.05) is 20.1 Å². The maximum absolute atomic E-state index is 10.4. The molecule has 0 bridgehead atoms. The summed E-state index contributed by atoms with van der Waals surface area (Å²) < 4.78 is 5.21. The maximum Gasteiger partial charge on any atom is 0.194 e. The van der Waals surface area contributed by atoms with Crippen LogP contribution in [0, 0.1) is 0 Å². The SMILES string of the molecule is CCNC(=NCC(O)c1cccc(OC)c1)N(C)Cc1ccccc1.I. The molecule has 0 saturated carbocycles. The monoisotopic (exact) mass is 469 g/mol. The van der Waals surface area contributed by atoms with Crippen molar-refractivity contribution in [2.75, 3.05) is 27.2 Å². The van der Waals surface area contributed by atoms with E-state index in [-0.39, 0.29) is 30.5 Å². The predicted octanol–water partition coefficient (Wildman–Crippen LogP) is 3.44. The Morgan fingerprint density at radius 1 is 1.19 bits per heavy atom. The van der Waals surface area contributed by atoms with E-state index in [0.29, 0.717) is 0 Å². The normalized spacial score (nSPS) is 12.1. The van der Waals surface area contributed by atoms with Crippen LogP contribution in [0.15, 0.2) is 59.6 Å². The number of nitrogens with one attached hydrogen (secondary N) is 1. The van der Waals surface area contributed by atoms with Gasteiger partial charge in [-0.1, -0.05) is 42.5 Å². The quantitative estimate of drug-likeness (QED) is 0.371. The fraction of sp³-hybridized carbons (Fsp3) is 0.350. The first-order valence-electron chi connectivity index (χ1n) is 8.49. The summed E-state index contributed by atoms with van der Waals surface area (Å²) in [5.41, 5.74) is 2.01. The van der Waals surface area contributed by atoms with Crippen LogP contribution >= 0.6 is 24.0 Å². The summed E-state index contributed by atoms with van der Waals surface area (Å²) in [6.07, 6.45) is -0.672. The Morgan fingerprint density at radius 2 is 1.92 bits per heavy atom. The molecule has 5 nitrogen and oxygen atoms in total. The summed E-state index contributed by atoms with van der Waals surface area (Å²) in [6, 6.07) is 17.7. The van der Waals surface area contributed by atoms with E-state index in [1.54, 1.807) is 7.11 Å². The molecule has 1 atom stereocenters. The highest BCUT2D eigenvalue weighted by molar-refractivity contribution is 14.0. The summed E-state index contributed by atoms with van der Waals surface area (Å²) in [5, 5.41) is 13.7. The van der Waals surface area contributed by atoms with E-state index in [2.05, 4.69) is 27.3 Å². The van der Waals surface area contributed by atoms with Gasteiger partial charge in [-0.3, -0.25) is 4.99 Å². The number of methoxy groups -OCH3 is 1. The van der Waals surface area contributed by atoms with Crippen molar-refractivity contribution in [3.8, 4) is 5.75 Å². The van der Waals surface area contributed by atoms with Crippen molar-refractivity contribution in [3.63, 3.8) is 0 Å². The number of rotatable bonds is 7. The molecule has 0 aromatic heterocycles. The molecular formula is C20H28IN3O2. The van der Waals surface area contributed by atoms with Crippen LogP contribution < -0.4 is 10.1 Å². The van der Waals surface area contributed by atoms with Gasteiger partial charge in [-0.25, -0.2) is 0 Å². The molecule has 6 heteroatoms. The van der Waals surface area contributed by atoms with Gasteiger partial charge in [-0.2, -0.15) is 0 Å². The maximum atomic E-state index is 10.4. The second-order valence-corrected chi connectivity index (χ2v) is 5.83. The van der Waals surface area contributed by atoms with Crippen LogP contribution in [0.5, 0.6) is 5.75 Å². The fourth-order valence-corrected chi connectivity index (χ4v) is 2.53. The van der Waals surface area contributed by atoms with Crippen molar-refractivity contribution in [1.29, 1.82) is 0 Å². The molecule has 2 N–H and O–H groups in total. The first kappa shape index (κ1) is 22.2. The topological polar surface area (TPSA) is 57.1 Å². The molecule has 142 valence electrons. The minimum Gasteiger partial charge on any atom is -0.497 e. The first-order valence-corrected chi connectivity index (χ1v) is 8.49. The molecule has 0 fully saturated rings. The molecule has 2 rings (SSSR count). The number of halogens is 1. The lowest BCUT2D eigenvalue weighted by molar-refractivity contribution is 0.186. The molecule has 1 unspecified atom stereocenters. The van der Waals surface area contributed by atoms with E-state index in [1.165, 1.54) is 5.56 Å². The van der Waals surface area contributed by atoms with Crippen LogP contribution in [0.25, 0.3) is 0 Å². The largest absolute Gasteiger partial charge is 0.497 e. The lowest BCUT2D eigenvalue weighted by Crippen LogP contribution is -2.38. The molecule has 0 heterocycles. The zero-order chi connectivity index (χ0) is 18.1. The van der Waals surface area contributed by atoms with Crippen LogP contribution in [0.3, 0.4) is 0 Å². The Bertz CT molecular complexity index is 680. The second-order valence-electron chi connectivity index (χ2n) is 5.83. The van der Waals surface area contributed by atoms with Gasteiger partial charge in [0.1, 0.15) is 5.75 Å². The zero-order valence-corrected chi connectivity index (χ0v) is 17.9. The number of aliphatic imine (C=N–C) groups is 1.